The van der Waals surface area contributed by atoms with E-state index in [4.69, 9.17) is 0 Å². The van der Waals surface area contributed by atoms with E-state index in [2.05, 4.69) is 5.32 Å². The van der Waals surface area contributed by atoms with Crippen LogP contribution in [0.4, 0.5) is 13.2 Å². The number of rotatable bonds is 4. The van der Waals surface area contributed by atoms with E-state index >= 15 is 0 Å². The number of ketones is 1. The van der Waals surface area contributed by atoms with Crippen molar-refractivity contribution in [3.63, 3.8) is 0 Å². The van der Waals surface area contributed by atoms with Gasteiger partial charge in [-0.3, -0.25) is 4.79 Å². The Bertz CT molecular complexity index is 410. The molecule has 0 saturated heterocycles. The standard InChI is InChI=1S/C12H12F3NO/c1-9(7-11(17)12(13,14)15)16-8-10-5-3-2-4-6-10/h2-7,16H,8H2,1H3. The van der Waals surface area contributed by atoms with Crippen LogP contribution in [-0.2, 0) is 11.3 Å². The quantitative estimate of drug-likeness (QED) is 0.824. The second-order valence-corrected chi connectivity index (χ2v) is 3.53. The van der Waals surface area contributed by atoms with Crippen molar-refractivity contribution < 1.29 is 18.0 Å². The SMILES string of the molecule is CC(=CC(=O)C(F)(F)F)NCc1ccccc1. The van der Waals surface area contributed by atoms with Gasteiger partial charge in [0.15, 0.2) is 0 Å². The monoisotopic (exact) mass is 243 g/mol. The van der Waals surface area contributed by atoms with E-state index < -0.39 is 12.0 Å². The molecule has 1 N–H and O–H groups in total. The molecule has 0 aliphatic carbocycles. The minimum absolute atomic E-state index is 0.191. The Kier molecular flexibility index (Phi) is 4.31. The number of carbonyl (C=O) groups is 1. The molecule has 0 bridgehead atoms. The Labute approximate surface area is 97.1 Å². The first-order chi connectivity index (χ1) is 7.89. The predicted octanol–water partition coefficient (Wildman–Crippen LogP) is 2.81. The summed E-state index contributed by atoms with van der Waals surface area (Å²) < 4.78 is 35.9. The number of allylic oxidation sites excluding steroid dienone is 2. The minimum atomic E-state index is -4.81. The molecule has 0 aliphatic rings. The molecule has 1 rings (SSSR count). The van der Waals surface area contributed by atoms with Crippen LogP contribution in [0.1, 0.15) is 12.5 Å². The third-order valence-electron chi connectivity index (χ3n) is 2.04. The molecule has 1 aromatic rings. The van der Waals surface area contributed by atoms with E-state index in [-0.39, 0.29) is 5.70 Å². The lowest BCUT2D eigenvalue weighted by Gasteiger charge is -2.07. The maximum atomic E-state index is 12.0. The van der Waals surface area contributed by atoms with Gasteiger partial charge in [0.25, 0.3) is 5.78 Å². The molecule has 2 nitrogen and oxygen atoms in total. The van der Waals surface area contributed by atoms with E-state index in [1.807, 2.05) is 30.3 Å². The Morgan fingerprint density at radius 1 is 1.29 bits per heavy atom. The summed E-state index contributed by atoms with van der Waals surface area (Å²) in [5, 5.41) is 2.74. The molecule has 0 aromatic heterocycles. The molecule has 0 heterocycles. The van der Waals surface area contributed by atoms with E-state index in [1.165, 1.54) is 6.92 Å². The van der Waals surface area contributed by atoms with Crippen molar-refractivity contribution in [2.24, 2.45) is 0 Å². The number of benzene rings is 1. The first-order valence-corrected chi connectivity index (χ1v) is 4.97. The molecule has 0 fully saturated rings. The number of nitrogens with one attached hydrogen (secondary N) is 1. The van der Waals surface area contributed by atoms with E-state index in [1.54, 1.807) is 0 Å². The molecular formula is C12H12F3NO. The second-order valence-electron chi connectivity index (χ2n) is 3.53. The third-order valence-corrected chi connectivity index (χ3v) is 2.04. The normalized spacial score (nSPS) is 12.4. The molecule has 5 heteroatoms. The Morgan fingerprint density at radius 2 is 1.88 bits per heavy atom. The van der Waals surface area contributed by atoms with E-state index in [9.17, 15) is 18.0 Å². The Hall–Kier alpha value is -1.78. The van der Waals surface area contributed by atoms with Gasteiger partial charge in [-0.25, -0.2) is 0 Å². The van der Waals surface area contributed by atoms with Gasteiger partial charge in [0.05, 0.1) is 0 Å². The summed E-state index contributed by atoms with van der Waals surface area (Å²) in [6, 6.07) is 9.19. The van der Waals surface area contributed by atoms with Crippen LogP contribution in [0.25, 0.3) is 0 Å². The molecule has 0 amide bonds. The number of alkyl halides is 3. The maximum Gasteiger partial charge on any atom is 0.454 e. The van der Waals surface area contributed by atoms with Crippen molar-refractivity contribution in [1.29, 1.82) is 0 Å². The van der Waals surface area contributed by atoms with E-state index in [0.29, 0.717) is 12.6 Å². The van der Waals surface area contributed by atoms with Crippen molar-refractivity contribution in [3.8, 4) is 0 Å². The zero-order valence-corrected chi connectivity index (χ0v) is 9.21. The summed E-state index contributed by atoms with van der Waals surface area (Å²) in [4.78, 5) is 10.6. The average molecular weight is 243 g/mol. The molecule has 0 spiro atoms. The molecule has 0 aliphatic heterocycles. The zero-order valence-electron chi connectivity index (χ0n) is 9.21. The van der Waals surface area contributed by atoms with Gasteiger partial charge in [0.2, 0.25) is 0 Å². The van der Waals surface area contributed by atoms with Gasteiger partial charge in [-0.05, 0) is 12.5 Å². The number of hydrogen-bond acceptors (Lipinski definition) is 2. The number of carbonyl (C=O) groups excluding carboxylic acids is 1. The summed E-state index contributed by atoms with van der Waals surface area (Å²) in [6.45, 7) is 1.81. The van der Waals surface area contributed by atoms with Crippen LogP contribution in [0.5, 0.6) is 0 Å². The van der Waals surface area contributed by atoms with Gasteiger partial charge >= 0.3 is 6.18 Å². The minimum Gasteiger partial charge on any atom is -0.384 e. The largest absolute Gasteiger partial charge is 0.454 e. The summed E-state index contributed by atoms with van der Waals surface area (Å²) in [6.07, 6.45) is -4.25. The van der Waals surface area contributed by atoms with Crippen LogP contribution in [0, 0.1) is 0 Å². The highest BCUT2D eigenvalue weighted by atomic mass is 19.4. The fraction of sp³-hybridized carbons (Fsp3) is 0.250. The highest BCUT2D eigenvalue weighted by Gasteiger charge is 2.36. The molecule has 0 atom stereocenters. The number of halogens is 3. The van der Waals surface area contributed by atoms with E-state index in [0.717, 1.165) is 5.56 Å². The molecule has 0 radical (unpaired) electrons. The van der Waals surface area contributed by atoms with Gasteiger partial charge < -0.3 is 5.32 Å². The maximum absolute atomic E-state index is 12.0. The lowest BCUT2D eigenvalue weighted by atomic mass is 10.2. The summed E-state index contributed by atoms with van der Waals surface area (Å²) in [7, 11) is 0. The fourth-order valence-electron chi connectivity index (χ4n) is 1.17. The van der Waals surface area contributed by atoms with Crippen LogP contribution in [0.15, 0.2) is 42.1 Å². The second kappa shape index (κ2) is 5.52. The molecule has 0 unspecified atom stereocenters. The van der Waals surface area contributed by atoms with Gasteiger partial charge in [-0.1, -0.05) is 30.3 Å². The van der Waals surface area contributed by atoms with Crippen molar-refractivity contribution in [2.45, 2.75) is 19.6 Å². The number of hydrogen-bond donors (Lipinski definition) is 1. The average Bonchev–Trinajstić information content (AvgIpc) is 2.26. The van der Waals surface area contributed by atoms with Crippen molar-refractivity contribution in [3.05, 3.63) is 47.7 Å². The predicted molar refractivity (Wildman–Crippen MR) is 58.1 cm³/mol. The van der Waals surface area contributed by atoms with Crippen LogP contribution in [0.3, 0.4) is 0 Å². The Morgan fingerprint density at radius 3 is 2.41 bits per heavy atom. The van der Waals surface area contributed by atoms with Crippen LogP contribution in [-0.4, -0.2) is 12.0 Å². The van der Waals surface area contributed by atoms with Gasteiger partial charge in [0.1, 0.15) is 0 Å². The van der Waals surface area contributed by atoms with Crippen molar-refractivity contribution in [2.75, 3.05) is 0 Å². The highest BCUT2D eigenvalue weighted by Crippen LogP contribution is 2.17. The van der Waals surface area contributed by atoms with Crippen molar-refractivity contribution >= 4 is 5.78 Å². The lowest BCUT2D eigenvalue weighted by Crippen LogP contribution is -2.22. The summed E-state index contributed by atoms with van der Waals surface area (Å²) >= 11 is 0. The molecule has 0 saturated carbocycles. The van der Waals surface area contributed by atoms with Crippen molar-refractivity contribution in [1.82, 2.24) is 5.32 Å². The third kappa shape index (κ3) is 4.72. The first kappa shape index (κ1) is 13.3. The summed E-state index contributed by atoms with van der Waals surface area (Å²) in [5.41, 5.74) is 1.12. The highest BCUT2D eigenvalue weighted by molar-refractivity contribution is 5.94. The lowest BCUT2D eigenvalue weighted by molar-refractivity contribution is -0.165. The van der Waals surface area contributed by atoms with Gasteiger partial charge in [-0.15, -0.1) is 0 Å². The topological polar surface area (TPSA) is 29.1 Å². The first-order valence-electron chi connectivity index (χ1n) is 4.97. The van der Waals surface area contributed by atoms with Gasteiger partial charge in [0, 0.05) is 18.3 Å². The Balaban J connectivity index is 2.53. The molecule has 92 valence electrons. The molecular weight excluding hydrogens is 231 g/mol. The summed E-state index contributed by atoms with van der Waals surface area (Å²) in [5.74, 6) is -1.85. The van der Waals surface area contributed by atoms with Crippen LogP contribution >= 0.6 is 0 Å². The fourth-order valence-corrected chi connectivity index (χ4v) is 1.17. The van der Waals surface area contributed by atoms with Gasteiger partial charge in [-0.2, -0.15) is 13.2 Å². The molecule has 1 aromatic carbocycles. The molecule has 17 heavy (non-hydrogen) atoms. The van der Waals surface area contributed by atoms with Crippen LogP contribution < -0.4 is 5.32 Å². The smallest absolute Gasteiger partial charge is 0.384 e. The zero-order chi connectivity index (χ0) is 12.9. The van der Waals surface area contributed by atoms with Crippen LogP contribution in [0.2, 0.25) is 0 Å².